The zero-order valence-electron chi connectivity index (χ0n) is 12.4. The van der Waals surface area contributed by atoms with Gasteiger partial charge in [0.05, 0.1) is 17.8 Å². The van der Waals surface area contributed by atoms with Crippen molar-refractivity contribution in [3.8, 4) is 11.3 Å². The molecule has 0 amide bonds. The number of anilines is 1. The Kier molecular flexibility index (Phi) is 3.19. The van der Waals surface area contributed by atoms with Crippen molar-refractivity contribution >= 4 is 5.82 Å². The van der Waals surface area contributed by atoms with Gasteiger partial charge in [-0.05, 0) is 26.2 Å². The minimum Gasteiger partial charge on any atom is -0.376 e. The molecule has 3 heterocycles. The number of benzene rings is 1. The molecule has 0 saturated carbocycles. The van der Waals surface area contributed by atoms with E-state index in [-0.39, 0.29) is 0 Å². The standard InChI is InChI=1S/C17H21N3O/c1-12-4-6-13(7-5-12)14-11-17-18-9-8-15(20(17)19-14)16-3-2-10-21-16/h4-7,11,15-16,18H,2-3,8-10H2,1H3. The lowest BCUT2D eigenvalue weighted by Gasteiger charge is -2.29. The third-order valence-electron chi connectivity index (χ3n) is 4.54. The largest absolute Gasteiger partial charge is 0.376 e. The zero-order chi connectivity index (χ0) is 14.2. The van der Waals surface area contributed by atoms with E-state index >= 15 is 0 Å². The normalized spacial score (nSPS) is 24.6. The van der Waals surface area contributed by atoms with Crippen molar-refractivity contribution in [2.24, 2.45) is 0 Å². The number of rotatable bonds is 2. The number of hydrogen-bond acceptors (Lipinski definition) is 3. The van der Waals surface area contributed by atoms with Gasteiger partial charge in [0, 0.05) is 24.8 Å². The Labute approximate surface area is 125 Å². The molecular weight excluding hydrogens is 262 g/mol. The number of aryl methyl sites for hydroxylation is 1. The summed E-state index contributed by atoms with van der Waals surface area (Å²) in [5.41, 5.74) is 3.50. The highest BCUT2D eigenvalue weighted by atomic mass is 16.5. The average Bonchev–Trinajstić information content (AvgIpc) is 3.17. The molecule has 0 bridgehead atoms. The Morgan fingerprint density at radius 1 is 1.24 bits per heavy atom. The average molecular weight is 283 g/mol. The van der Waals surface area contributed by atoms with E-state index in [4.69, 9.17) is 9.84 Å². The van der Waals surface area contributed by atoms with Gasteiger partial charge in [0.25, 0.3) is 0 Å². The van der Waals surface area contributed by atoms with Gasteiger partial charge < -0.3 is 10.1 Å². The minimum atomic E-state index is 0.330. The van der Waals surface area contributed by atoms with Crippen LogP contribution in [0.15, 0.2) is 30.3 Å². The van der Waals surface area contributed by atoms with Crippen LogP contribution in [0.4, 0.5) is 5.82 Å². The molecular formula is C17H21N3O. The maximum Gasteiger partial charge on any atom is 0.125 e. The van der Waals surface area contributed by atoms with Gasteiger partial charge in [-0.3, -0.25) is 0 Å². The minimum absolute atomic E-state index is 0.330. The summed E-state index contributed by atoms with van der Waals surface area (Å²) in [5.74, 6) is 1.12. The van der Waals surface area contributed by atoms with Crippen molar-refractivity contribution in [2.75, 3.05) is 18.5 Å². The zero-order valence-corrected chi connectivity index (χ0v) is 12.4. The van der Waals surface area contributed by atoms with E-state index < -0.39 is 0 Å². The molecule has 110 valence electrons. The van der Waals surface area contributed by atoms with Crippen molar-refractivity contribution in [3.63, 3.8) is 0 Å². The number of aromatic nitrogens is 2. The SMILES string of the molecule is Cc1ccc(-c2cc3n(n2)C(C2CCCO2)CCN3)cc1. The lowest BCUT2D eigenvalue weighted by molar-refractivity contribution is 0.0593. The van der Waals surface area contributed by atoms with Crippen LogP contribution in [0.5, 0.6) is 0 Å². The second kappa shape index (κ2) is 5.19. The van der Waals surface area contributed by atoms with Crippen LogP contribution < -0.4 is 5.32 Å². The topological polar surface area (TPSA) is 39.1 Å². The summed E-state index contributed by atoms with van der Waals surface area (Å²) < 4.78 is 8.04. The van der Waals surface area contributed by atoms with Gasteiger partial charge in [-0.25, -0.2) is 4.68 Å². The number of fused-ring (bicyclic) bond motifs is 1. The van der Waals surface area contributed by atoms with Gasteiger partial charge in [0.2, 0.25) is 0 Å². The molecule has 1 saturated heterocycles. The van der Waals surface area contributed by atoms with E-state index in [1.807, 2.05) is 0 Å². The molecule has 4 nitrogen and oxygen atoms in total. The molecule has 4 rings (SSSR count). The summed E-state index contributed by atoms with van der Waals surface area (Å²) in [4.78, 5) is 0. The monoisotopic (exact) mass is 283 g/mol. The van der Waals surface area contributed by atoms with Crippen LogP contribution in [-0.4, -0.2) is 29.0 Å². The summed E-state index contributed by atoms with van der Waals surface area (Å²) in [6.07, 6.45) is 3.75. The first-order chi connectivity index (χ1) is 10.3. The molecule has 0 aliphatic carbocycles. The lowest BCUT2D eigenvalue weighted by atomic mass is 10.0. The summed E-state index contributed by atoms with van der Waals surface area (Å²) in [6, 6.07) is 11.1. The first kappa shape index (κ1) is 12.9. The molecule has 1 aromatic heterocycles. The second-order valence-electron chi connectivity index (χ2n) is 6.06. The van der Waals surface area contributed by atoms with E-state index in [2.05, 4.69) is 47.3 Å². The summed E-state index contributed by atoms with van der Waals surface area (Å²) >= 11 is 0. The van der Waals surface area contributed by atoms with Gasteiger partial charge >= 0.3 is 0 Å². The van der Waals surface area contributed by atoms with Gasteiger partial charge in [-0.1, -0.05) is 29.8 Å². The molecule has 2 unspecified atom stereocenters. The highest BCUT2D eigenvalue weighted by Gasteiger charge is 2.31. The molecule has 21 heavy (non-hydrogen) atoms. The number of nitrogens with one attached hydrogen (secondary N) is 1. The van der Waals surface area contributed by atoms with Crippen molar-refractivity contribution in [1.29, 1.82) is 0 Å². The fourth-order valence-electron chi connectivity index (χ4n) is 3.36. The molecule has 0 radical (unpaired) electrons. The van der Waals surface area contributed by atoms with Crippen molar-refractivity contribution in [1.82, 2.24) is 9.78 Å². The number of nitrogens with zero attached hydrogens (tertiary/aromatic N) is 2. The predicted octanol–water partition coefficient (Wildman–Crippen LogP) is 3.39. The molecule has 2 atom stereocenters. The van der Waals surface area contributed by atoms with Crippen LogP contribution in [0.2, 0.25) is 0 Å². The van der Waals surface area contributed by atoms with Crippen LogP contribution in [0.25, 0.3) is 11.3 Å². The summed E-state index contributed by atoms with van der Waals surface area (Å²) in [7, 11) is 0. The summed E-state index contributed by atoms with van der Waals surface area (Å²) in [5, 5.41) is 8.31. The van der Waals surface area contributed by atoms with Crippen LogP contribution in [0.1, 0.15) is 30.9 Å². The van der Waals surface area contributed by atoms with Crippen LogP contribution in [-0.2, 0) is 4.74 Å². The number of ether oxygens (including phenoxy) is 1. The van der Waals surface area contributed by atoms with E-state index in [9.17, 15) is 0 Å². The van der Waals surface area contributed by atoms with Gasteiger partial charge in [0.15, 0.2) is 0 Å². The maximum absolute atomic E-state index is 5.89. The third-order valence-corrected chi connectivity index (χ3v) is 4.54. The predicted molar refractivity (Wildman–Crippen MR) is 83.5 cm³/mol. The number of hydrogen-bond donors (Lipinski definition) is 1. The highest BCUT2D eigenvalue weighted by molar-refractivity contribution is 5.63. The Hall–Kier alpha value is -1.81. The van der Waals surface area contributed by atoms with Gasteiger partial charge in [-0.15, -0.1) is 0 Å². The van der Waals surface area contributed by atoms with E-state index in [1.165, 1.54) is 17.5 Å². The van der Waals surface area contributed by atoms with E-state index in [1.54, 1.807) is 0 Å². The molecule has 4 heteroatoms. The molecule has 0 spiro atoms. The molecule has 1 fully saturated rings. The van der Waals surface area contributed by atoms with Crippen molar-refractivity contribution in [3.05, 3.63) is 35.9 Å². The third kappa shape index (κ3) is 2.33. The van der Waals surface area contributed by atoms with Crippen molar-refractivity contribution in [2.45, 2.75) is 38.3 Å². The molecule has 2 aliphatic heterocycles. The quantitative estimate of drug-likeness (QED) is 0.918. The lowest BCUT2D eigenvalue weighted by Crippen LogP contribution is -2.31. The van der Waals surface area contributed by atoms with Crippen molar-refractivity contribution < 1.29 is 4.74 Å². The van der Waals surface area contributed by atoms with Crippen LogP contribution in [0.3, 0.4) is 0 Å². The molecule has 2 aliphatic rings. The van der Waals surface area contributed by atoms with E-state index in [0.717, 1.165) is 37.5 Å². The Morgan fingerprint density at radius 3 is 2.86 bits per heavy atom. The van der Waals surface area contributed by atoms with Gasteiger partial charge in [-0.2, -0.15) is 5.10 Å². The highest BCUT2D eigenvalue weighted by Crippen LogP contribution is 2.34. The van der Waals surface area contributed by atoms with Crippen LogP contribution >= 0.6 is 0 Å². The molecule has 1 N–H and O–H groups in total. The Balaban J connectivity index is 1.68. The fraction of sp³-hybridized carbons (Fsp3) is 0.471. The fourth-order valence-corrected chi connectivity index (χ4v) is 3.36. The molecule has 1 aromatic carbocycles. The Morgan fingerprint density at radius 2 is 2.10 bits per heavy atom. The smallest absolute Gasteiger partial charge is 0.125 e. The Bertz CT molecular complexity index is 626. The van der Waals surface area contributed by atoms with Gasteiger partial charge in [0.1, 0.15) is 5.82 Å². The first-order valence-electron chi connectivity index (χ1n) is 7.83. The van der Waals surface area contributed by atoms with Crippen LogP contribution in [0, 0.1) is 6.92 Å². The first-order valence-corrected chi connectivity index (χ1v) is 7.83. The molecule has 2 aromatic rings. The van der Waals surface area contributed by atoms with E-state index in [0.29, 0.717) is 12.1 Å². The second-order valence-corrected chi connectivity index (χ2v) is 6.06. The maximum atomic E-state index is 5.89. The summed E-state index contributed by atoms with van der Waals surface area (Å²) in [6.45, 7) is 4.01.